The van der Waals surface area contributed by atoms with Gasteiger partial charge < -0.3 is 0 Å². The second-order valence-corrected chi connectivity index (χ2v) is 8.00. The fraction of sp³-hybridized carbons (Fsp3) is 0.0833. The number of nitrogens with one attached hydrogen (secondary N) is 2. The molecule has 0 radical (unpaired) electrons. The van der Waals surface area contributed by atoms with Crippen molar-refractivity contribution in [3.63, 3.8) is 0 Å². The van der Waals surface area contributed by atoms with Gasteiger partial charge in [-0.25, -0.2) is 4.68 Å². The Morgan fingerprint density at radius 2 is 1.44 bits per heavy atom. The summed E-state index contributed by atoms with van der Waals surface area (Å²) >= 11 is 1.36. The number of nitrogens with zero attached hydrogens (tertiary/aromatic N) is 2. The Hall–Kier alpha value is -3.91. The molecule has 0 aliphatic carbocycles. The molecule has 0 spiro atoms. The molecule has 1 aromatic heterocycles. The third-order valence-electron chi connectivity index (χ3n) is 4.69. The van der Waals surface area contributed by atoms with Gasteiger partial charge in [0.25, 0.3) is 11.5 Å². The van der Waals surface area contributed by atoms with Crippen LogP contribution in [0.5, 0.6) is 0 Å². The van der Waals surface area contributed by atoms with Gasteiger partial charge >= 0.3 is 0 Å². The van der Waals surface area contributed by atoms with E-state index in [0.717, 1.165) is 10.5 Å². The number of hydrogen-bond donors (Lipinski definition) is 2. The van der Waals surface area contributed by atoms with E-state index >= 15 is 0 Å². The second-order valence-electron chi connectivity index (χ2n) is 6.95. The normalized spacial score (nSPS) is 10.6. The number of amides is 2. The molecule has 160 valence electrons. The van der Waals surface area contributed by atoms with E-state index in [4.69, 9.17) is 0 Å². The Balaban J connectivity index is 1.52. The minimum atomic E-state index is -0.596. The van der Waals surface area contributed by atoms with Gasteiger partial charge in [0.1, 0.15) is 0 Å². The van der Waals surface area contributed by atoms with Gasteiger partial charge in [-0.1, -0.05) is 66.7 Å². The lowest BCUT2D eigenvalue weighted by Crippen LogP contribution is -2.43. The molecule has 2 N–H and O–H groups in total. The van der Waals surface area contributed by atoms with Crippen LogP contribution in [0.4, 0.5) is 0 Å². The summed E-state index contributed by atoms with van der Waals surface area (Å²) in [4.78, 5) is 38.8. The van der Waals surface area contributed by atoms with E-state index in [9.17, 15) is 14.4 Å². The van der Waals surface area contributed by atoms with Gasteiger partial charge in [0, 0.05) is 10.3 Å². The molecule has 0 atom stereocenters. The summed E-state index contributed by atoms with van der Waals surface area (Å²) in [7, 11) is 0. The van der Waals surface area contributed by atoms with E-state index < -0.39 is 5.91 Å². The number of rotatable bonds is 6. The molecule has 3 aromatic carbocycles. The van der Waals surface area contributed by atoms with Crippen LogP contribution in [-0.4, -0.2) is 27.3 Å². The zero-order valence-electron chi connectivity index (χ0n) is 17.0. The number of aromatic nitrogens is 2. The Kier molecular flexibility index (Phi) is 6.62. The molecule has 0 fully saturated rings. The summed E-state index contributed by atoms with van der Waals surface area (Å²) in [5.74, 6) is -0.804. The fourth-order valence-corrected chi connectivity index (χ4v) is 3.87. The first-order valence-corrected chi connectivity index (χ1v) is 10.9. The first kappa shape index (κ1) is 21.3. The van der Waals surface area contributed by atoms with Crippen molar-refractivity contribution in [1.29, 1.82) is 0 Å². The van der Waals surface area contributed by atoms with Gasteiger partial charge in [0.15, 0.2) is 5.69 Å². The van der Waals surface area contributed by atoms with Crippen LogP contribution in [-0.2, 0) is 11.3 Å². The molecule has 0 aliphatic rings. The van der Waals surface area contributed by atoms with Crippen molar-refractivity contribution >= 4 is 34.3 Å². The van der Waals surface area contributed by atoms with Crippen molar-refractivity contribution in [3.05, 3.63) is 107 Å². The van der Waals surface area contributed by atoms with Gasteiger partial charge in [-0.05, 0) is 23.8 Å². The molecular formula is C24H20N4O3S. The van der Waals surface area contributed by atoms with Crippen LogP contribution >= 0.6 is 11.8 Å². The summed E-state index contributed by atoms with van der Waals surface area (Å²) in [5.41, 5.74) is 5.48. The number of hydrazine groups is 1. The number of hydrogen-bond acceptors (Lipinski definition) is 5. The molecular weight excluding hydrogens is 424 g/mol. The minimum Gasteiger partial charge on any atom is -0.272 e. The van der Waals surface area contributed by atoms with E-state index in [0.29, 0.717) is 10.8 Å². The summed E-state index contributed by atoms with van der Waals surface area (Å²) in [6.45, 7) is 0.227. The minimum absolute atomic E-state index is 0.0622. The fourth-order valence-electron chi connectivity index (χ4n) is 3.15. The Morgan fingerprint density at radius 3 is 2.16 bits per heavy atom. The highest BCUT2D eigenvalue weighted by molar-refractivity contribution is 8.00. The van der Waals surface area contributed by atoms with Crippen LogP contribution in [0, 0.1) is 0 Å². The molecule has 0 bridgehead atoms. The van der Waals surface area contributed by atoms with Gasteiger partial charge in [0.2, 0.25) is 5.91 Å². The van der Waals surface area contributed by atoms with Crippen molar-refractivity contribution in [2.75, 3.05) is 5.75 Å². The zero-order chi connectivity index (χ0) is 22.3. The maximum atomic E-state index is 12.9. The summed E-state index contributed by atoms with van der Waals surface area (Å²) in [6, 6.07) is 25.7. The number of fused-ring (bicyclic) bond motifs is 1. The van der Waals surface area contributed by atoms with Crippen molar-refractivity contribution in [2.24, 2.45) is 0 Å². The predicted octanol–water partition coefficient (Wildman–Crippen LogP) is 3.00. The third-order valence-corrected chi connectivity index (χ3v) is 5.70. The van der Waals surface area contributed by atoms with E-state index in [-0.39, 0.29) is 29.5 Å². The predicted molar refractivity (Wildman–Crippen MR) is 124 cm³/mol. The van der Waals surface area contributed by atoms with Crippen LogP contribution in [0.2, 0.25) is 0 Å². The van der Waals surface area contributed by atoms with E-state index in [1.54, 1.807) is 24.3 Å². The summed E-state index contributed by atoms with van der Waals surface area (Å²) in [6.07, 6.45) is 0. The van der Waals surface area contributed by atoms with Crippen LogP contribution < -0.4 is 16.4 Å². The lowest BCUT2D eigenvalue weighted by molar-refractivity contribution is -0.119. The second kappa shape index (κ2) is 9.93. The lowest BCUT2D eigenvalue weighted by atomic mass is 10.1. The molecule has 4 aromatic rings. The topological polar surface area (TPSA) is 93.1 Å². The number of benzene rings is 3. The van der Waals surface area contributed by atoms with Crippen LogP contribution in [0.3, 0.4) is 0 Å². The molecule has 2 amide bonds. The summed E-state index contributed by atoms with van der Waals surface area (Å²) in [5, 5.41) is 5.11. The van der Waals surface area contributed by atoms with Gasteiger partial charge in [0.05, 0.1) is 17.7 Å². The highest BCUT2D eigenvalue weighted by Gasteiger charge is 2.17. The molecule has 4 rings (SSSR count). The van der Waals surface area contributed by atoms with E-state index in [1.807, 2.05) is 60.7 Å². The molecule has 8 heteroatoms. The van der Waals surface area contributed by atoms with E-state index in [2.05, 4.69) is 16.0 Å². The Morgan fingerprint density at radius 1 is 0.812 bits per heavy atom. The average molecular weight is 445 g/mol. The van der Waals surface area contributed by atoms with Crippen LogP contribution in [0.25, 0.3) is 10.8 Å². The third kappa shape index (κ3) is 5.04. The van der Waals surface area contributed by atoms with Gasteiger partial charge in [-0.2, -0.15) is 5.10 Å². The number of carbonyl (C=O) groups excluding carboxylic acids is 2. The molecule has 32 heavy (non-hydrogen) atoms. The molecule has 0 saturated carbocycles. The maximum Gasteiger partial charge on any atom is 0.290 e. The first-order valence-electron chi connectivity index (χ1n) is 9.92. The molecule has 0 unspecified atom stereocenters. The number of thioether (sulfide) groups is 1. The largest absolute Gasteiger partial charge is 0.290 e. The smallest absolute Gasteiger partial charge is 0.272 e. The molecule has 1 heterocycles. The van der Waals surface area contributed by atoms with Crippen molar-refractivity contribution in [3.8, 4) is 0 Å². The zero-order valence-corrected chi connectivity index (χ0v) is 17.8. The molecule has 0 aliphatic heterocycles. The monoisotopic (exact) mass is 444 g/mol. The SMILES string of the molecule is O=C(CSc1ccccc1)NNC(=O)c1nn(Cc2ccccc2)c(=O)c2ccccc12. The van der Waals surface area contributed by atoms with Crippen LogP contribution in [0.1, 0.15) is 16.1 Å². The Bertz CT molecular complexity index is 1310. The first-order chi connectivity index (χ1) is 15.6. The van der Waals surface area contributed by atoms with E-state index in [1.165, 1.54) is 16.4 Å². The number of carbonyl (C=O) groups is 2. The van der Waals surface area contributed by atoms with Crippen molar-refractivity contribution < 1.29 is 9.59 Å². The maximum absolute atomic E-state index is 12.9. The van der Waals surface area contributed by atoms with Crippen molar-refractivity contribution in [1.82, 2.24) is 20.6 Å². The van der Waals surface area contributed by atoms with Crippen molar-refractivity contribution in [2.45, 2.75) is 11.4 Å². The molecule has 0 saturated heterocycles. The highest BCUT2D eigenvalue weighted by Crippen LogP contribution is 2.16. The van der Waals surface area contributed by atoms with Gasteiger partial charge in [-0.3, -0.25) is 25.2 Å². The Labute approximate surface area is 188 Å². The standard InChI is InChI=1S/C24H20N4O3S/c29-21(16-32-18-11-5-2-6-12-18)25-26-23(30)22-19-13-7-8-14-20(19)24(31)28(27-22)15-17-9-3-1-4-10-17/h1-14H,15-16H2,(H,25,29)(H,26,30). The quantitative estimate of drug-likeness (QED) is 0.352. The molecule has 7 nitrogen and oxygen atoms in total. The van der Waals surface area contributed by atoms with Gasteiger partial charge in [-0.15, -0.1) is 11.8 Å². The lowest BCUT2D eigenvalue weighted by Gasteiger charge is -2.12. The average Bonchev–Trinajstić information content (AvgIpc) is 2.84. The summed E-state index contributed by atoms with van der Waals surface area (Å²) < 4.78 is 1.26. The van der Waals surface area contributed by atoms with Crippen LogP contribution in [0.15, 0.2) is 94.6 Å². The highest BCUT2D eigenvalue weighted by atomic mass is 32.2.